The first-order valence-corrected chi connectivity index (χ1v) is 10.4. The van der Waals surface area contributed by atoms with Crippen LogP contribution in [0.25, 0.3) is 0 Å². The van der Waals surface area contributed by atoms with E-state index in [1.54, 1.807) is 31.2 Å². The van der Waals surface area contributed by atoms with Gasteiger partial charge in [-0.1, -0.05) is 54.3 Å². The van der Waals surface area contributed by atoms with Crippen LogP contribution in [0.2, 0.25) is 0 Å². The van der Waals surface area contributed by atoms with Crippen LogP contribution in [0.4, 0.5) is 11.4 Å². The van der Waals surface area contributed by atoms with Crippen molar-refractivity contribution in [2.75, 3.05) is 16.8 Å². The number of carbonyl (C=O) groups excluding carboxylic acids is 3. The molecule has 0 saturated carbocycles. The average molecular weight is 429 g/mol. The fourth-order valence-corrected chi connectivity index (χ4v) is 4.48. The molecule has 1 N–H and O–H groups in total. The third kappa shape index (κ3) is 4.65. The number of nitrogens with one attached hydrogen (secondary N) is 1. The summed E-state index contributed by atoms with van der Waals surface area (Å²) in [4.78, 5) is 39.0. The van der Waals surface area contributed by atoms with Gasteiger partial charge in [-0.25, -0.2) is 4.79 Å². The van der Waals surface area contributed by atoms with E-state index in [2.05, 4.69) is 5.32 Å². The lowest BCUT2D eigenvalue weighted by atomic mass is 10.1. The molecule has 3 rings (SSSR count). The normalized spacial score (nSPS) is 16.1. The van der Waals surface area contributed by atoms with Crippen molar-refractivity contribution in [3.05, 3.63) is 59.7 Å². The van der Waals surface area contributed by atoms with Crippen LogP contribution in [0.3, 0.4) is 0 Å². The molecule has 8 heteroatoms. The topological polar surface area (TPSA) is 75.7 Å². The Bertz CT molecular complexity index is 977. The Balaban J connectivity index is 1.71. The summed E-state index contributed by atoms with van der Waals surface area (Å²) in [5, 5.41) is 2.10. The van der Waals surface area contributed by atoms with Crippen molar-refractivity contribution in [1.82, 2.24) is 0 Å². The molecule has 6 nitrogen and oxygen atoms in total. The van der Waals surface area contributed by atoms with Crippen molar-refractivity contribution in [3.8, 4) is 0 Å². The highest BCUT2D eigenvalue weighted by Gasteiger charge is 2.39. The highest BCUT2D eigenvalue weighted by Crippen LogP contribution is 2.35. The molecule has 2 aromatic rings. The third-order valence-corrected chi connectivity index (χ3v) is 5.85. The number of benzene rings is 2. The minimum atomic E-state index is -0.614. The number of anilines is 2. The standard InChI is InChI=1S/C21H20N2O4S2/c1-3-27-20(26)14-9-5-6-10-15(14)22-18(24)12-17-19(25)23(21(28)29-17)16-11-7-4-8-13(16)2/h4-11,17H,3,12H2,1-2H3,(H,22,24). The molecule has 0 bridgehead atoms. The van der Waals surface area contributed by atoms with Crippen LogP contribution in [-0.2, 0) is 14.3 Å². The van der Waals surface area contributed by atoms with Gasteiger partial charge in [0.1, 0.15) is 9.57 Å². The van der Waals surface area contributed by atoms with E-state index in [9.17, 15) is 14.4 Å². The van der Waals surface area contributed by atoms with Crippen LogP contribution < -0.4 is 10.2 Å². The predicted molar refractivity (Wildman–Crippen MR) is 118 cm³/mol. The maximum absolute atomic E-state index is 12.9. The number of hydrogen-bond donors (Lipinski definition) is 1. The smallest absolute Gasteiger partial charge is 0.340 e. The fraction of sp³-hybridized carbons (Fsp3) is 0.238. The Hall–Kier alpha value is -2.71. The summed E-state index contributed by atoms with van der Waals surface area (Å²) >= 11 is 6.58. The lowest BCUT2D eigenvalue weighted by molar-refractivity contribution is -0.121. The van der Waals surface area contributed by atoms with Crippen molar-refractivity contribution in [2.24, 2.45) is 0 Å². The molecule has 1 saturated heterocycles. The summed E-state index contributed by atoms with van der Waals surface area (Å²) < 4.78 is 5.44. The number of amides is 2. The first kappa shape index (κ1) is 21.0. The van der Waals surface area contributed by atoms with Crippen molar-refractivity contribution in [3.63, 3.8) is 0 Å². The third-order valence-electron chi connectivity index (χ3n) is 4.35. The first-order valence-electron chi connectivity index (χ1n) is 9.08. The summed E-state index contributed by atoms with van der Waals surface area (Å²) in [6, 6.07) is 14.1. The molecule has 1 heterocycles. The Morgan fingerprint density at radius 2 is 1.86 bits per heavy atom. The molecule has 1 unspecified atom stereocenters. The van der Waals surface area contributed by atoms with Gasteiger partial charge < -0.3 is 10.1 Å². The lowest BCUT2D eigenvalue weighted by Gasteiger charge is -2.18. The molecule has 1 aliphatic rings. The van der Waals surface area contributed by atoms with E-state index in [1.165, 1.54) is 16.7 Å². The number of thiocarbonyl (C=S) groups is 1. The maximum atomic E-state index is 12.9. The molecule has 29 heavy (non-hydrogen) atoms. The van der Waals surface area contributed by atoms with Crippen molar-refractivity contribution >= 4 is 57.5 Å². The predicted octanol–water partition coefficient (Wildman–Crippen LogP) is 3.93. The van der Waals surface area contributed by atoms with Gasteiger partial charge in [-0.3, -0.25) is 14.5 Å². The van der Waals surface area contributed by atoms with Crippen molar-refractivity contribution in [1.29, 1.82) is 0 Å². The summed E-state index contributed by atoms with van der Waals surface area (Å²) in [5.41, 5.74) is 2.28. The second kappa shape index (κ2) is 9.19. The van der Waals surface area contributed by atoms with Crippen LogP contribution in [0, 0.1) is 6.92 Å². The summed E-state index contributed by atoms with van der Waals surface area (Å²) in [5.74, 6) is -1.10. The van der Waals surface area contributed by atoms with Gasteiger partial charge in [-0.2, -0.15) is 0 Å². The van der Waals surface area contributed by atoms with Crippen LogP contribution in [-0.4, -0.2) is 34.0 Å². The molecule has 0 spiro atoms. The molecule has 2 amide bonds. The number of para-hydroxylation sites is 2. The first-order chi connectivity index (χ1) is 13.9. The van der Waals surface area contributed by atoms with Gasteiger partial charge in [0.25, 0.3) is 0 Å². The monoisotopic (exact) mass is 428 g/mol. The number of aryl methyl sites for hydroxylation is 1. The fourth-order valence-electron chi connectivity index (χ4n) is 2.97. The van der Waals surface area contributed by atoms with Gasteiger partial charge in [0.15, 0.2) is 0 Å². The number of hydrogen-bond acceptors (Lipinski definition) is 6. The molecule has 0 radical (unpaired) electrons. The molecular weight excluding hydrogens is 408 g/mol. The zero-order valence-corrected chi connectivity index (χ0v) is 17.6. The van der Waals surface area contributed by atoms with E-state index in [4.69, 9.17) is 17.0 Å². The van der Waals surface area contributed by atoms with Crippen LogP contribution in [0.1, 0.15) is 29.3 Å². The minimum Gasteiger partial charge on any atom is -0.462 e. The number of esters is 1. The largest absolute Gasteiger partial charge is 0.462 e. The van der Waals surface area contributed by atoms with E-state index in [1.807, 2.05) is 31.2 Å². The summed E-state index contributed by atoms with van der Waals surface area (Å²) in [6.07, 6.45) is -0.0524. The quantitative estimate of drug-likeness (QED) is 0.555. The van der Waals surface area contributed by atoms with Gasteiger partial charge in [0.05, 0.1) is 23.5 Å². The van der Waals surface area contributed by atoms with Gasteiger partial charge in [0.2, 0.25) is 11.8 Å². The van der Waals surface area contributed by atoms with Gasteiger partial charge in [0, 0.05) is 6.42 Å². The molecule has 150 valence electrons. The number of carbonyl (C=O) groups is 3. The SMILES string of the molecule is CCOC(=O)c1ccccc1NC(=O)CC1SC(=S)N(c2ccccc2C)C1=O. The molecule has 1 aliphatic heterocycles. The van der Waals surface area contributed by atoms with Gasteiger partial charge in [-0.15, -0.1) is 0 Å². The number of ether oxygens (including phenoxy) is 1. The van der Waals surface area contributed by atoms with Gasteiger partial charge in [-0.05, 0) is 37.6 Å². The van der Waals surface area contributed by atoms with Crippen molar-refractivity contribution < 1.29 is 19.1 Å². The van der Waals surface area contributed by atoms with E-state index >= 15 is 0 Å². The number of nitrogens with zero attached hydrogens (tertiary/aromatic N) is 1. The molecule has 1 fully saturated rings. The number of thioether (sulfide) groups is 1. The highest BCUT2D eigenvalue weighted by atomic mass is 32.2. The van der Waals surface area contributed by atoms with Crippen LogP contribution in [0.5, 0.6) is 0 Å². The Morgan fingerprint density at radius 1 is 1.17 bits per heavy atom. The van der Waals surface area contributed by atoms with Crippen molar-refractivity contribution in [2.45, 2.75) is 25.5 Å². The average Bonchev–Trinajstić information content (AvgIpc) is 2.96. The zero-order valence-electron chi connectivity index (χ0n) is 16.0. The highest BCUT2D eigenvalue weighted by molar-refractivity contribution is 8.25. The number of rotatable bonds is 6. The van der Waals surface area contributed by atoms with E-state index in [0.29, 0.717) is 10.0 Å². The maximum Gasteiger partial charge on any atom is 0.340 e. The Morgan fingerprint density at radius 3 is 2.59 bits per heavy atom. The zero-order chi connectivity index (χ0) is 21.0. The minimum absolute atomic E-state index is 0.0524. The van der Waals surface area contributed by atoms with E-state index in [0.717, 1.165) is 11.3 Å². The molecule has 0 aromatic heterocycles. The molecule has 1 atom stereocenters. The molecule has 0 aliphatic carbocycles. The Labute approximate surface area is 178 Å². The van der Waals surface area contributed by atoms with E-state index in [-0.39, 0.29) is 30.4 Å². The summed E-state index contributed by atoms with van der Waals surface area (Å²) in [7, 11) is 0. The van der Waals surface area contributed by atoms with E-state index < -0.39 is 11.2 Å². The van der Waals surface area contributed by atoms with Gasteiger partial charge >= 0.3 is 5.97 Å². The summed E-state index contributed by atoms with van der Waals surface area (Å²) in [6.45, 7) is 3.86. The molecular formula is C21H20N2O4S2. The van der Waals surface area contributed by atoms with Crippen LogP contribution >= 0.6 is 24.0 Å². The second-order valence-corrected chi connectivity index (χ2v) is 8.19. The second-order valence-electron chi connectivity index (χ2n) is 6.35. The molecule has 2 aromatic carbocycles. The van der Waals surface area contributed by atoms with Crippen LogP contribution in [0.15, 0.2) is 48.5 Å². The lowest BCUT2D eigenvalue weighted by Crippen LogP contribution is -2.33. The Kier molecular flexibility index (Phi) is 6.66.